The second kappa shape index (κ2) is 3.81. The van der Waals surface area contributed by atoms with Crippen LogP contribution in [0.3, 0.4) is 0 Å². The molecular weight excluding hydrogens is 214 g/mol. The van der Waals surface area contributed by atoms with Gasteiger partial charge in [-0.1, -0.05) is 0 Å². The van der Waals surface area contributed by atoms with E-state index in [1.165, 1.54) is 16.7 Å². The summed E-state index contributed by atoms with van der Waals surface area (Å²) in [6.45, 7) is 7.09. The van der Waals surface area contributed by atoms with E-state index >= 15 is 0 Å². The summed E-state index contributed by atoms with van der Waals surface area (Å²) in [4.78, 5) is 18.0. The van der Waals surface area contributed by atoms with Crippen molar-refractivity contribution in [1.82, 2.24) is 15.2 Å². The molecule has 90 valence electrons. The van der Waals surface area contributed by atoms with Crippen LogP contribution in [0.25, 0.3) is 0 Å². The summed E-state index contributed by atoms with van der Waals surface area (Å²) in [5, 5.41) is 3.39. The largest absolute Gasteiger partial charge is 0.333 e. The highest BCUT2D eigenvalue weighted by Gasteiger charge is 2.28. The molecule has 0 unspecified atom stereocenters. The molecule has 1 N–H and O–H groups in total. The summed E-state index contributed by atoms with van der Waals surface area (Å²) >= 11 is 0. The second-order valence-electron chi connectivity index (χ2n) is 4.88. The van der Waals surface area contributed by atoms with Crippen LogP contribution in [-0.4, -0.2) is 22.3 Å². The highest BCUT2D eigenvalue weighted by Crippen LogP contribution is 2.30. The van der Waals surface area contributed by atoms with Crippen LogP contribution in [0.2, 0.25) is 0 Å². The number of carbonyl (C=O) groups is 1. The molecule has 4 heteroatoms. The number of rotatable bonds is 0. The van der Waals surface area contributed by atoms with E-state index in [1.54, 1.807) is 6.92 Å². The second-order valence-corrected chi connectivity index (χ2v) is 4.88. The third kappa shape index (κ3) is 1.63. The van der Waals surface area contributed by atoms with Crippen molar-refractivity contribution in [2.24, 2.45) is 0 Å². The number of aromatic nitrogens is 1. The molecule has 3 rings (SSSR count). The predicted octanol–water partition coefficient (Wildman–Crippen LogP) is 0.898. The van der Waals surface area contributed by atoms with Gasteiger partial charge in [-0.2, -0.15) is 0 Å². The van der Waals surface area contributed by atoms with Crippen LogP contribution >= 0.6 is 0 Å². The minimum atomic E-state index is 0.142. The fourth-order valence-corrected chi connectivity index (χ4v) is 2.84. The SMILES string of the molecule is CC(=O)N1Cc2nc(C)c3c(c2C1)CCNC3. The normalized spacial score (nSPS) is 17.9. The topological polar surface area (TPSA) is 45.2 Å². The summed E-state index contributed by atoms with van der Waals surface area (Å²) in [7, 11) is 0. The van der Waals surface area contributed by atoms with Gasteiger partial charge in [0.15, 0.2) is 0 Å². The molecule has 0 aromatic carbocycles. The Morgan fingerprint density at radius 2 is 2.12 bits per heavy atom. The van der Waals surface area contributed by atoms with Crippen LogP contribution in [-0.2, 0) is 30.8 Å². The molecule has 2 aliphatic rings. The Morgan fingerprint density at radius 1 is 1.29 bits per heavy atom. The molecule has 4 nitrogen and oxygen atoms in total. The van der Waals surface area contributed by atoms with Gasteiger partial charge in [0.05, 0.1) is 12.2 Å². The van der Waals surface area contributed by atoms with Crippen molar-refractivity contribution < 1.29 is 4.79 Å². The maximum Gasteiger partial charge on any atom is 0.220 e. The summed E-state index contributed by atoms with van der Waals surface area (Å²) in [5.41, 5.74) is 6.33. The molecule has 0 saturated carbocycles. The maximum atomic E-state index is 11.5. The smallest absolute Gasteiger partial charge is 0.220 e. The van der Waals surface area contributed by atoms with E-state index in [-0.39, 0.29) is 5.91 Å². The number of carbonyl (C=O) groups excluding carboxylic acids is 1. The van der Waals surface area contributed by atoms with Crippen molar-refractivity contribution >= 4 is 5.91 Å². The lowest BCUT2D eigenvalue weighted by molar-refractivity contribution is -0.129. The van der Waals surface area contributed by atoms with Gasteiger partial charge in [-0.05, 0) is 36.6 Å². The Bertz CT molecular complexity index is 496. The molecule has 0 spiro atoms. The van der Waals surface area contributed by atoms with Crippen molar-refractivity contribution in [2.75, 3.05) is 6.54 Å². The van der Waals surface area contributed by atoms with Gasteiger partial charge < -0.3 is 10.2 Å². The summed E-state index contributed by atoms with van der Waals surface area (Å²) < 4.78 is 0. The quantitative estimate of drug-likeness (QED) is 0.721. The van der Waals surface area contributed by atoms with Gasteiger partial charge >= 0.3 is 0 Å². The minimum absolute atomic E-state index is 0.142. The van der Waals surface area contributed by atoms with Crippen molar-refractivity contribution in [3.05, 3.63) is 28.1 Å². The third-order valence-corrected chi connectivity index (χ3v) is 3.80. The maximum absolute atomic E-state index is 11.5. The van der Waals surface area contributed by atoms with Gasteiger partial charge in [-0.3, -0.25) is 9.78 Å². The number of nitrogens with zero attached hydrogens (tertiary/aromatic N) is 2. The van der Waals surface area contributed by atoms with Crippen LogP contribution < -0.4 is 5.32 Å². The Labute approximate surface area is 101 Å². The zero-order chi connectivity index (χ0) is 12.0. The number of hydrogen-bond donors (Lipinski definition) is 1. The molecule has 0 saturated heterocycles. The summed E-state index contributed by atoms with van der Waals surface area (Å²) in [6, 6.07) is 0. The molecule has 17 heavy (non-hydrogen) atoms. The van der Waals surface area contributed by atoms with Gasteiger partial charge in [0.2, 0.25) is 5.91 Å². The molecule has 1 aromatic heterocycles. The number of nitrogens with one attached hydrogen (secondary N) is 1. The number of fused-ring (bicyclic) bond motifs is 3. The zero-order valence-corrected chi connectivity index (χ0v) is 10.3. The summed E-state index contributed by atoms with van der Waals surface area (Å²) in [5.74, 6) is 0.142. The zero-order valence-electron chi connectivity index (χ0n) is 10.3. The van der Waals surface area contributed by atoms with E-state index in [9.17, 15) is 4.79 Å². The monoisotopic (exact) mass is 231 g/mol. The highest BCUT2D eigenvalue weighted by molar-refractivity contribution is 5.74. The number of aryl methyl sites for hydroxylation is 1. The van der Waals surface area contributed by atoms with Crippen LogP contribution in [0.4, 0.5) is 0 Å². The average Bonchev–Trinajstić information content (AvgIpc) is 2.73. The first kappa shape index (κ1) is 10.7. The van der Waals surface area contributed by atoms with Gasteiger partial charge in [0.1, 0.15) is 0 Å². The van der Waals surface area contributed by atoms with E-state index in [0.717, 1.165) is 37.4 Å². The van der Waals surface area contributed by atoms with E-state index in [1.807, 2.05) is 4.90 Å². The molecule has 0 radical (unpaired) electrons. The molecule has 0 bridgehead atoms. The highest BCUT2D eigenvalue weighted by atomic mass is 16.2. The van der Waals surface area contributed by atoms with Crippen LogP contribution in [0.15, 0.2) is 0 Å². The molecular formula is C13H17N3O. The molecule has 1 amide bonds. The molecule has 3 heterocycles. The van der Waals surface area contributed by atoms with Gasteiger partial charge in [0.25, 0.3) is 0 Å². The Morgan fingerprint density at radius 3 is 2.88 bits per heavy atom. The number of pyridine rings is 1. The predicted molar refractivity (Wildman–Crippen MR) is 64.3 cm³/mol. The standard InChI is InChI=1S/C13H17N3O/c1-8-11-5-14-4-3-10(11)12-6-16(9(2)17)7-13(12)15-8/h14H,3-7H2,1-2H3. The van der Waals surface area contributed by atoms with Crippen LogP contribution in [0, 0.1) is 6.92 Å². The first-order chi connectivity index (χ1) is 8.16. The van der Waals surface area contributed by atoms with Crippen molar-refractivity contribution in [3.63, 3.8) is 0 Å². The number of hydrogen-bond acceptors (Lipinski definition) is 3. The van der Waals surface area contributed by atoms with E-state index in [2.05, 4.69) is 17.2 Å². The minimum Gasteiger partial charge on any atom is -0.333 e. The van der Waals surface area contributed by atoms with Gasteiger partial charge in [-0.15, -0.1) is 0 Å². The lowest BCUT2D eigenvalue weighted by atomic mass is 9.94. The van der Waals surface area contributed by atoms with Crippen LogP contribution in [0.1, 0.15) is 35.0 Å². The average molecular weight is 231 g/mol. The summed E-state index contributed by atoms with van der Waals surface area (Å²) in [6.07, 6.45) is 1.06. The number of amides is 1. The lowest BCUT2D eigenvalue weighted by Gasteiger charge is -2.21. The lowest BCUT2D eigenvalue weighted by Crippen LogP contribution is -2.26. The Kier molecular flexibility index (Phi) is 2.40. The first-order valence-electron chi connectivity index (χ1n) is 6.13. The molecule has 0 atom stereocenters. The van der Waals surface area contributed by atoms with Gasteiger partial charge in [0, 0.05) is 25.7 Å². The molecule has 0 fully saturated rings. The molecule has 2 aliphatic heterocycles. The Hall–Kier alpha value is -1.42. The molecule has 1 aromatic rings. The van der Waals surface area contributed by atoms with Crippen molar-refractivity contribution in [3.8, 4) is 0 Å². The van der Waals surface area contributed by atoms with Crippen LogP contribution in [0.5, 0.6) is 0 Å². The van der Waals surface area contributed by atoms with Crippen molar-refractivity contribution in [1.29, 1.82) is 0 Å². The fraction of sp³-hybridized carbons (Fsp3) is 0.538. The van der Waals surface area contributed by atoms with E-state index in [4.69, 9.17) is 0 Å². The Balaban J connectivity index is 2.08. The first-order valence-corrected chi connectivity index (χ1v) is 6.13. The van der Waals surface area contributed by atoms with Crippen molar-refractivity contribution in [2.45, 2.75) is 39.9 Å². The molecule has 0 aliphatic carbocycles. The van der Waals surface area contributed by atoms with E-state index < -0.39 is 0 Å². The van der Waals surface area contributed by atoms with Gasteiger partial charge in [-0.25, -0.2) is 0 Å². The van der Waals surface area contributed by atoms with E-state index in [0.29, 0.717) is 6.54 Å². The fourth-order valence-electron chi connectivity index (χ4n) is 2.84. The third-order valence-electron chi connectivity index (χ3n) is 3.80.